The molecule has 0 aliphatic heterocycles. The first-order valence-corrected chi connectivity index (χ1v) is 9.90. The topological polar surface area (TPSA) is 53.2 Å². The van der Waals surface area contributed by atoms with Crippen LogP contribution in [0, 0.1) is 0 Å². The summed E-state index contributed by atoms with van der Waals surface area (Å²) in [5.41, 5.74) is 0.783. The molecule has 0 aliphatic carbocycles. The molecule has 1 amide bonds. The van der Waals surface area contributed by atoms with Gasteiger partial charge in [0, 0.05) is 5.69 Å². The van der Waals surface area contributed by atoms with Crippen molar-refractivity contribution in [2.75, 3.05) is 5.32 Å². The molecule has 0 unspecified atom stereocenters. The molecule has 2 aromatic carbocycles. The van der Waals surface area contributed by atoms with Gasteiger partial charge in [-0.25, -0.2) is 0 Å². The zero-order chi connectivity index (χ0) is 20.2. The number of nitrogens with one attached hydrogen (secondary N) is 3. The molecule has 0 spiro atoms. The Balaban J connectivity index is 2.10. The summed E-state index contributed by atoms with van der Waals surface area (Å²) in [6.07, 6.45) is -1.14. The van der Waals surface area contributed by atoms with Crippen molar-refractivity contribution < 1.29 is 4.79 Å². The van der Waals surface area contributed by atoms with E-state index in [-0.39, 0.29) is 15.7 Å². The van der Waals surface area contributed by atoms with E-state index in [9.17, 15) is 4.79 Å². The van der Waals surface area contributed by atoms with E-state index < -0.39 is 15.9 Å². The molecule has 0 aromatic heterocycles. The third-order valence-electron chi connectivity index (χ3n) is 3.17. The molecule has 27 heavy (non-hydrogen) atoms. The Labute approximate surface area is 191 Å². The maximum absolute atomic E-state index is 12.4. The Bertz CT molecular complexity index is 858. The minimum absolute atomic E-state index is 0.0872. The van der Waals surface area contributed by atoms with Crippen molar-refractivity contribution in [1.82, 2.24) is 10.6 Å². The number of hydrogen-bond acceptors (Lipinski definition) is 2. The molecule has 2 aromatic rings. The van der Waals surface area contributed by atoms with Crippen molar-refractivity contribution >= 4 is 98.5 Å². The second kappa shape index (κ2) is 9.70. The molecule has 0 aliphatic rings. The molecular formula is C16H11Cl6N3OS. The molecule has 0 fully saturated rings. The maximum Gasteiger partial charge on any atom is 0.254 e. The summed E-state index contributed by atoms with van der Waals surface area (Å²) in [4.78, 5) is 12.4. The van der Waals surface area contributed by atoms with Crippen molar-refractivity contribution in [3.05, 3.63) is 63.1 Å². The van der Waals surface area contributed by atoms with Crippen molar-refractivity contribution in [3.8, 4) is 0 Å². The minimum Gasteiger partial charge on any atom is -0.339 e. The smallest absolute Gasteiger partial charge is 0.254 e. The van der Waals surface area contributed by atoms with E-state index in [0.29, 0.717) is 15.7 Å². The molecule has 1 atom stereocenters. The molecule has 0 heterocycles. The van der Waals surface area contributed by atoms with Gasteiger partial charge in [-0.2, -0.15) is 0 Å². The number of carbonyl (C=O) groups excluding carboxylic acids is 1. The van der Waals surface area contributed by atoms with E-state index in [1.807, 2.05) is 0 Å². The summed E-state index contributed by atoms with van der Waals surface area (Å²) >= 11 is 40.9. The van der Waals surface area contributed by atoms with E-state index in [2.05, 4.69) is 16.0 Å². The number of benzene rings is 2. The Morgan fingerprint density at radius 2 is 1.59 bits per heavy atom. The number of halogens is 6. The van der Waals surface area contributed by atoms with Gasteiger partial charge in [0.05, 0.1) is 20.6 Å². The van der Waals surface area contributed by atoms with Crippen molar-refractivity contribution in [2.24, 2.45) is 0 Å². The number of carbonyl (C=O) groups is 1. The molecule has 4 nitrogen and oxygen atoms in total. The summed E-state index contributed by atoms with van der Waals surface area (Å²) in [5, 5.41) is 9.22. The van der Waals surface area contributed by atoms with Crippen LogP contribution < -0.4 is 16.0 Å². The Kier molecular flexibility index (Phi) is 8.13. The van der Waals surface area contributed by atoms with Crippen LogP contribution in [0.25, 0.3) is 0 Å². The average molecular weight is 506 g/mol. The SMILES string of the molecule is O=C(N[C@@H](NC(=S)Nc1ccc(Cl)c(Cl)c1)C(Cl)(Cl)Cl)c1ccccc1Cl. The average Bonchev–Trinajstić information content (AvgIpc) is 2.57. The first-order valence-electron chi connectivity index (χ1n) is 7.22. The fourth-order valence-electron chi connectivity index (χ4n) is 1.93. The number of rotatable bonds is 4. The van der Waals surface area contributed by atoms with Gasteiger partial charge in [0.2, 0.25) is 3.79 Å². The molecule has 11 heteroatoms. The lowest BCUT2D eigenvalue weighted by molar-refractivity contribution is 0.0934. The largest absolute Gasteiger partial charge is 0.339 e. The van der Waals surface area contributed by atoms with Crippen LogP contribution in [0.2, 0.25) is 15.1 Å². The Morgan fingerprint density at radius 1 is 0.926 bits per heavy atom. The van der Waals surface area contributed by atoms with Crippen LogP contribution in [-0.4, -0.2) is 21.0 Å². The minimum atomic E-state index is -1.90. The van der Waals surface area contributed by atoms with Crippen LogP contribution in [0.15, 0.2) is 42.5 Å². The fourth-order valence-corrected chi connectivity index (χ4v) is 3.01. The maximum atomic E-state index is 12.4. The van der Waals surface area contributed by atoms with E-state index in [1.54, 1.807) is 42.5 Å². The lowest BCUT2D eigenvalue weighted by atomic mass is 10.2. The van der Waals surface area contributed by atoms with Gasteiger partial charge in [-0.15, -0.1) is 0 Å². The third-order valence-corrected chi connectivity index (χ3v) is 5.12. The first kappa shape index (κ1) is 22.6. The molecule has 2 rings (SSSR count). The van der Waals surface area contributed by atoms with Crippen LogP contribution in [-0.2, 0) is 0 Å². The number of thiocarbonyl (C=S) groups is 1. The highest BCUT2D eigenvalue weighted by Gasteiger charge is 2.35. The molecule has 3 N–H and O–H groups in total. The molecule has 0 bridgehead atoms. The highest BCUT2D eigenvalue weighted by molar-refractivity contribution is 7.80. The predicted molar refractivity (Wildman–Crippen MR) is 119 cm³/mol. The lowest BCUT2D eigenvalue weighted by Gasteiger charge is -2.28. The quantitative estimate of drug-likeness (QED) is 0.268. The Morgan fingerprint density at radius 3 is 2.19 bits per heavy atom. The number of anilines is 1. The number of amides is 1. The van der Waals surface area contributed by atoms with Crippen LogP contribution in [0.3, 0.4) is 0 Å². The normalized spacial score (nSPS) is 12.2. The van der Waals surface area contributed by atoms with Gasteiger partial charge in [-0.05, 0) is 42.5 Å². The molecule has 144 valence electrons. The van der Waals surface area contributed by atoms with Gasteiger partial charge in [0.1, 0.15) is 6.17 Å². The van der Waals surface area contributed by atoms with Gasteiger partial charge in [-0.3, -0.25) is 4.79 Å². The van der Waals surface area contributed by atoms with E-state index in [1.165, 1.54) is 0 Å². The van der Waals surface area contributed by atoms with Gasteiger partial charge < -0.3 is 16.0 Å². The van der Waals surface area contributed by atoms with Crippen LogP contribution in [0.5, 0.6) is 0 Å². The van der Waals surface area contributed by atoms with Gasteiger partial charge in [-0.1, -0.05) is 81.7 Å². The van der Waals surface area contributed by atoms with E-state index in [4.69, 9.17) is 81.8 Å². The standard InChI is InChI=1S/C16H11Cl6N3OS/c17-10-4-2-1-3-9(10)13(26)24-14(16(20,21)22)25-15(27)23-8-5-6-11(18)12(19)7-8/h1-7,14H,(H,24,26)(H2,23,25,27)/t14-/m0/s1. The third kappa shape index (κ3) is 6.71. The molecule has 0 saturated carbocycles. The van der Waals surface area contributed by atoms with Crippen LogP contribution >= 0.6 is 81.8 Å². The first-order chi connectivity index (χ1) is 12.6. The van der Waals surface area contributed by atoms with E-state index in [0.717, 1.165) is 0 Å². The van der Waals surface area contributed by atoms with Gasteiger partial charge >= 0.3 is 0 Å². The van der Waals surface area contributed by atoms with Crippen LogP contribution in [0.4, 0.5) is 5.69 Å². The highest BCUT2D eigenvalue weighted by Crippen LogP contribution is 2.30. The molecule has 0 radical (unpaired) electrons. The molecular weight excluding hydrogens is 495 g/mol. The van der Waals surface area contributed by atoms with Crippen molar-refractivity contribution in [2.45, 2.75) is 9.96 Å². The summed E-state index contributed by atoms with van der Waals surface area (Å²) in [6.45, 7) is 0. The van der Waals surface area contributed by atoms with Crippen molar-refractivity contribution in [1.29, 1.82) is 0 Å². The second-order valence-electron chi connectivity index (χ2n) is 5.16. The van der Waals surface area contributed by atoms with Crippen molar-refractivity contribution in [3.63, 3.8) is 0 Å². The Hall–Kier alpha value is -0.660. The van der Waals surface area contributed by atoms with Crippen LogP contribution in [0.1, 0.15) is 10.4 Å². The highest BCUT2D eigenvalue weighted by atomic mass is 35.6. The zero-order valence-corrected chi connectivity index (χ0v) is 18.6. The molecule has 0 saturated heterocycles. The summed E-state index contributed by atoms with van der Waals surface area (Å²) in [7, 11) is 0. The summed E-state index contributed by atoms with van der Waals surface area (Å²) < 4.78 is -1.90. The predicted octanol–water partition coefficient (Wildman–Crippen LogP) is 6.06. The van der Waals surface area contributed by atoms with Gasteiger partial charge in [0.15, 0.2) is 5.11 Å². The number of alkyl halides is 3. The second-order valence-corrected chi connectivity index (χ2v) is 9.15. The summed E-state index contributed by atoms with van der Waals surface area (Å²) in [6, 6.07) is 11.3. The fraction of sp³-hybridized carbons (Fsp3) is 0.125. The van der Waals surface area contributed by atoms with E-state index >= 15 is 0 Å². The van der Waals surface area contributed by atoms with Gasteiger partial charge in [0.25, 0.3) is 5.91 Å². The zero-order valence-electron chi connectivity index (χ0n) is 13.2. The summed E-state index contributed by atoms with van der Waals surface area (Å²) in [5.74, 6) is -0.540. The lowest BCUT2D eigenvalue weighted by Crippen LogP contribution is -2.56. The number of hydrogen-bond donors (Lipinski definition) is 3. The monoisotopic (exact) mass is 503 g/mol.